The molecule has 1 aliphatic heterocycles. The van der Waals surface area contributed by atoms with Gasteiger partial charge in [-0.05, 0) is 45.9 Å². The summed E-state index contributed by atoms with van der Waals surface area (Å²) in [7, 11) is -4.36. The van der Waals surface area contributed by atoms with E-state index in [2.05, 4.69) is 10.1 Å². The summed E-state index contributed by atoms with van der Waals surface area (Å²) in [6.07, 6.45) is -5.10. The highest BCUT2D eigenvalue weighted by Crippen LogP contribution is 2.50. The average Bonchev–Trinajstić information content (AvgIpc) is 3.10. The maximum absolute atomic E-state index is 14.2. The normalized spacial score (nSPS) is 26.5. The third kappa shape index (κ3) is 6.71. The minimum absolute atomic E-state index is 0.0753. The number of hydrogen-bond donors (Lipinski definition) is 3. The van der Waals surface area contributed by atoms with Crippen molar-refractivity contribution < 1.29 is 37.4 Å². The summed E-state index contributed by atoms with van der Waals surface area (Å²) < 4.78 is 51.2. The van der Waals surface area contributed by atoms with E-state index in [1.54, 1.807) is 32.0 Å². The summed E-state index contributed by atoms with van der Waals surface area (Å²) in [6, 6.07) is 8.17. The number of nitrogen functional groups attached to an aromatic ring is 1. The molecule has 1 aromatic carbocycles. The first-order chi connectivity index (χ1) is 17.8. The van der Waals surface area contributed by atoms with Crippen molar-refractivity contribution in [3.8, 4) is 5.75 Å². The molecule has 1 aliphatic rings. The topological polar surface area (TPSA) is 164 Å². The van der Waals surface area contributed by atoms with Crippen molar-refractivity contribution in [3.05, 3.63) is 53.1 Å². The lowest BCUT2D eigenvalue weighted by Gasteiger charge is -2.30. The molecule has 0 aliphatic carbocycles. The molecule has 1 fully saturated rings. The largest absolute Gasteiger partial charge is 0.462 e. The molecule has 0 radical (unpaired) electrons. The zero-order valence-electron chi connectivity index (χ0n) is 21.2. The maximum Gasteiger partial charge on any atom is 0.459 e. The number of ether oxygens (including phenoxy) is 2. The van der Waals surface area contributed by atoms with Crippen molar-refractivity contribution >= 4 is 31.1 Å². The van der Waals surface area contributed by atoms with Gasteiger partial charge in [0, 0.05) is 6.20 Å². The van der Waals surface area contributed by atoms with Gasteiger partial charge >= 0.3 is 19.4 Å². The molecule has 3 rings (SSSR count). The Morgan fingerprint density at radius 3 is 2.55 bits per heavy atom. The van der Waals surface area contributed by atoms with Crippen molar-refractivity contribution in [2.75, 3.05) is 12.4 Å². The smallest absolute Gasteiger partial charge is 0.459 e. The highest BCUT2D eigenvalue weighted by molar-refractivity contribution is 7.52. The van der Waals surface area contributed by atoms with Crippen molar-refractivity contribution in [2.24, 2.45) is 0 Å². The SMILES string of the molecule is CC(C)OC(=O)[C@H](C)N[P@](=O)(Oc1ccccc1)O[C@H](C)[C@H]1O[C@@H](n2ccc(N)nc2=O)[C@@](Cl)(CF)C1O. The van der Waals surface area contributed by atoms with Crippen LogP contribution in [0.15, 0.2) is 47.4 Å². The maximum atomic E-state index is 14.2. The lowest BCUT2D eigenvalue weighted by Crippen LogP contribution is -2.47. The molecule has 2 aromatic rings. The number of benzene rings is 1. The monoisotopic (exact) mass is 576 g/mol. The molecule has 0 spiro atoms. The minimum atomic E-state index is -4.36. The molecule has 15 heteroatoms. The molecule has 0 bridgehead atoms. The van der Waals surface area contributed by atoms with Gasteiger partial charge in [0.1, 0.15) is 41.4 Å². The minimum Gasteiger partial charge on any atom is -0.462 e. The molecule has 0 saturated carbocycles. The van der Waals surface area contributed by atoms with Gasteiger partial charge in [0.25, 0.3) is 0 Å². The van der Waals surface area contributed by atoms with Crippen LogP contribution in [0.1, 0.15) is 33.9 Å². The molecular weight excluding hydrogens is 546 g/mol. The van der Waals surface area contributed by atoms with E-state index in [0.29, 0.717) is 0 Å². The first kappa shape index (κ1) is 30.0. The summed E-state index contributed by atoms with van der Waals surface area (Å²) in [4.78, 5) is 26.2. The number of nitrogens with zero attached hydrogens (tertiary/aromatic N) is 2. The molecular formula is C23H31ClFN4O8P. The van der Waals surface area contributed by atoms with E-state index < -0.39 is 67.6 Å². The Kier molecular flexibility index (Phi) is 9.56. The average molecular weight is 577 g/mol. The number of nitrogens with two attached hydrogens (primary N) is 1. The van der Waals surface area contributed by atoms with Gasteiger partial charge in [0.05, 0.1) is 12.2 Å². The molecule has 12 nitrogen and oxygen atoms in total. The Bertz CT molecular complexity index is 1220. The molecule has 1 saturated heterocycles. The lowest BCUT2D eigenvalue weighted by molar-refractivity contribution is -0.149. The number of aliphatic hydroxyl groups is 1. The highest BCUT2D eigenvalue weighted by atomic mass is 35.5. The number of esters is 1. The van der Waals surface area contributed by atoms with Crippen LogP contribution in [0.3, 0.4) is 0 Å². The van der Waals surface area contributed by atoms with Crippen LogP contribution in [0.2, 0.25) is 0 Å². The number of para-hydroxylation sites is 1. The Hall–Kier alpha value is -2.54. The van der Waals surface area contributed by atoms with E-state index >= 15 is 0 Å². The molecule has 1 unspecified atom stereocenters. The Morgan fingerprint density at radius 1 is 1.32 bits per heavy atom. The molecule has 2 heterocycles. The quantitative estimate of drug-likeness (QED) is 0.204. The number of aromatic nitrogens is 2. The standard InChI is InChI=1S/C23H31ClFN4O8P/c1-13(2)34-20(31)14(3)28-38(33,37-16-8-6-5-7-9-16)36-15(4)18-19(30)23(24,12-25)21(35-18)29-11-10-17(26)27-22(29)32/h5-11,13-15,18-19,21,30H,12H2,1-4H3,(H,28,33)(H2,26,27,32)/t14-,15+,18+,19?,21+,23+,38+/m0/s1. The van der Waals surface area contributed by atoms with Crippen LogP contribution in [0, 0.1) is 0 Å². The zero-order valence-corrected chi connectivity index (χ0v) is 22.8. The first-order valence-electron chi connectivity index (χ1n) is 11.7. The van der Waals surface area contributed by atoms with Crippen molar-refractivity contribution in [1.29, 1.82) is 0 Å². The summed E-state index contributed by atoms with van der Waals surface area (Å²) in [5.74, 6) is -0.632. The third-order valence-corrected chi connectivity index (χ3v) is 7.88. The number of carbonyl (C=O) groups excluding carboxylic acids is 1. The van der Waals surface area contributed by atoms with Gasteiger partial charge in [0.2, 0.25) is 0 Å². The summed E-state index contributed by atoms with van der Waals surface area (Å²) in [5.41, 5.74) is 4.64. The van der Waals surface area contributed by atoms with Gasteiger partial charge < -0.3 is 24.8 Å². The predicted molar refractivity (Wildman–Crippen MR) is 136 cm³/mol. The number of alkyl halides is 2. The summed E-state index contributed by atoms with van der Waals surface area (Å²) in [6.45, 7) is 4.81. The third-order valence-electron chi connectivity index (χ3n) is 5.60. The van der Waals surface area contributed by atoms with Gasteiger partial charge in [-0.25, -0.2) is 13.8 Å². The van der Waals surface area contributed by atoms with E-state index in [4.69, 9.17) is 35.9 Å². The van der Waals surface area contributed by atoms with Gasteiger partial charge in [-0.3, -0.25) is 13.9 Å². The Balaban J connectivity index is 1.88. The van der Waals surface area contributed by atoms with Crippen LogP contribution in [0.25, 0.3) is 0 Å². The van der Waals surface area contributed by atoms with Crippen LogP contribution >= 0.6 is 19.3 Å². The highest BCUT2D eigenvalue weighted by Gasteiger charge is 2.59. The second-order valence-electron chi connectivity index (χ2n) is 9.05. The van der Waals surface area contributed by atoms with E-state index in [1.165, 1.54) is 38.2 Å². The van der Waals surface area contributed by atoms with Crippen molar-refractivity contribution in [2.45, 2.75) is 69.3 Å². The fourth-order valence-corrected chi connectivity index (χ4v) is 5.74. The van der Waals surface area contributed by atoms with Crippen LogP contribution < -0.4 is 21.0 Å². The Morgan fingerprint density at radius 2 is 1.97 bits per heavy atom. The summed E-state index contributed by atoms with van der Waals surface area (Å²) in [5, 5.41) is 13.5. The van der Waals surface area contributed by atoms with Crippen molar-refractivity contribution in [3.63, 3.8) is 0 Å². The second-order valence-corrected chi connectivity index (χ2v) is 11.4. The van der Waals surface area contributed by atoms with E-state index in [0.717, 1.165) is 4.57 Å². The second kappa shape index (κ2) is 12.1. The molecule has 1 aromatic heterocycles. The van der Waals surface area contributed by atoms with Crippen molar-refractivity contribution in [1.82, 2.24) is 14.6 Å². The van der Waals surface area contributed by atoms with Gasteiger partial charge in [-0.2, -0.15) is 10.1 Å². The van der Waals surface area contributed by atoms with Gasteiger partial charge in [-0.1, -0.05) is 18.2 Å². The lowest BCUT2D eigenvalue weighted by atomic mass is 9.97. The molecule has 7 atom stereocenters. The van der Waals surface area contributed by atoms with Gasteiger partial charge in [0.15, 0.2) is 6.23 Å². The number of aliphatic hydroxyl groups excluding tert-OH is 1. The van der Waals surface area contributed by atoms with E-state index in [-0.39, 0.29) is 11.6 Å². The number of carbonyl (C=O) groups is 1. The Labute approximate surface area is 223 Å². The van der Waals surface area contributed by atoms with Crippen LogP contribution in [-0.2, 0) is 23.4 Å². The number of nitrogens with one attached hydrogen (secondary N) is 1. The van der Waals surface area contributed by atoms with Crippen LogP contribution in [0.5, 0.6) is 5.75 Å². The first-order valence-corrected chi connectivity index (χ1v) is 13.7. The molecule has 0 amide bonds. The zero-order chi connectivity index (χ0) is 28.3. The van der Waals surface area contributed by atoms with Crippen LogP contribution in [0.4, 0.5) is 10.2 Å². The molecule has 4 N–H and O–H groups in total. The number of hydrogen-bond acceptors (Lipinski definition) is 10. The van der Waals surface area contributed by atoms with E-state index in [9.17, 15) is 23.7 Å². The van der Waals surface area contributed by atoms with E-state index in [1.807, 2.05) is 0 Å². The fourth-order valence-electron chi connectivity index (χ4n) is 3.77. The number of rotatable bonds is 11. The van der Waals surface area contributed by atoms with Gasteiger partial charge in [-0.15, -0.1) is 11.6 Å². The predicted octanol–water partition coefficient (Wildman–Crippen LogP) is 2.55. The number of halogens is 2. The number of anilines is 1. The fraction of sp³-hybridized carbons (Fsp3) is 0.522. The molecule has 210 valence electrons. The summed E-state index contributed by atoms with van der Waals surface area (Å²) >= 11 is 6.43. The molecule has 38 heavy (non-hydrogen) atoms. The van der Waals surface area contributed by atoms with Crippen LogP contribution in [-0.4, -0.2) is 62.6 Å².